The lowest BCUT2D eigenvalue weighted by atomic mass is 10.1. The SMILES string of the molecule is CCCCCN(C)CCN(CCN(C)CCCC(C)C)CCN(C)CCCC(C)C. The molecule has 0 N–H and O–H groups in total. The van der Waals surface area contributed by atoms with Crippen molar-refractivity contribution < 1.29 is 0 Å². The van der Waals surface area contributed by atoms with Crippen LogP contribution in [0, 0.1) is 11.8 Å². The van der Waals surface area contributed by atoms with Crippen LogP contribution in [-0.4, -0.2) is 99.6 Å². The van der Waals surface area contributed by atoms with Gasteiger partial charge in [0.1, 0.15) is 0 Å². The fraction of sp³-hybridized carbons (Fsp3) is 1.00. The molecule has 0 aromatic heterocycles. The molecule has 0 aliphatic carbocycles. The van der Waals surface area contributed by atoms with Crippen molar-refractivity contribution in [1.29, 1.82) is 0 Å². The fourth-order valence-corrected chi connectivity index (χ4v) is 3.78. The minimum absolute atomic E-state index is 0.823. The summed E-state index contributed by atoms with van der Waals surface area (Å²) in [5.74, 6) is 1.65. The summed E-state index contributed by atoms with van der Waals surface area (Å²) >= 11 is 0. The largest absolute Gasteiger partial charge is 0.305 e. The van der Waals surface area contributed by atoms with Gasteiger partial charge < -0.3 is 14.7 Å². The van der Waals surface area contributed by atoms with Crippen molar-refractivity contribution in [3.63, 3.8) is 0 Å². The van der Waals surface area contributed by atoms with E-state index in [1.54, 1.807) is 0 Å². The van der Waals surface area contributed by atoms with Gasteiger partial charge in [0, 0.05) is 39.3 Å². The maximum atomic E-state index is 2.70. The third kappa shape index (κ3) is 19.8. The maximum Gasteiger partial charge on any atom is 0.0110 e. The summed E-state index contributed by atoms with van der Waals surface area (Å²) in [5, 5.41) is 0. The molecule has 0 amide bonds. The van der Waals surface area contributed by atoms with E-state index in [9.17, 15) is 0 Å². The average molecular weight is 427 g/mol. The van der Waals surface area contributed by atoms with E-state index in [2.05, 4.69) is 75.4 Å². The van der Waals surface area contributed by atoms with Gasteiger partial charge >= 0.3 is 0 Å². The van der Waals surface area contributed by atoms with Gasteiger partial charge in [-0.25, -0.2) is 0 Å². The smallest absolute Gasteiger partial charge is 0.0110 e. The summed E-state index contributed by atoms with van der Waals surface area (Å²) in [6.07, 6.45) is 9.35. The van der Waals surface area contributed by atoms with Crippen molar-refractivity contribution in [3.8, 4) is 0 Å². The van der Waals surface area contributed by atoms with E-state index < -0.39 is 0 Å². The van der Waals surface area contributed by atoms with E-state index >= 15 is 0 Å². The van der Waals surface area contributed by atoms with Crippen molar-refractivity contribution in [2.45, 2.75) is 79.6 Å². The molecule has 0 fully saturated rings. The first-order valence-electron chi connectivity index (χ1n) is 13.0. The summed E-state index contributed by atoms with van der Waals surface area (Å²) in [6, 6.07) is 0. The van der Waals surface area contributed by atoms with Crippen LogP contribution in [0.1, 0.15) is 79.6 Å². The zero-order valence-electron chi connectivity index (χ0n) is 22.3. The van der Waals surface area contributed by atoms with Crippen LogP contribution in [0.5, 0.6) is 0 Å². The highest BCUT2D eigenvalue weighted by Gasteiger charge is 2.10. The Morgan fingerprint density at radius 1 is 0.467 bits per heavy atom. The molecule has 0 aliphatic heterocycles. The molecule has 0 aromatic carbocycles. The Kier molecular flexibility index (Phi) is 19.4. The van der Waals surface area contributed by atoms with Crippen molar-refractivity contribution in [3.05, 3.63) is 0 Å². The van der Waals surface area contributed by atoms with Crippen LogP contribution in [0.25, 0.3) is 0 Å². The number of hydrogen-bond donors (Lipinski definition) is 0. The molecule has 0 aromatic rings. The molecule has 0 heterocycles. The van der Waals surface area contributed by atoms with Gasteiger partial charge in [0.25, 0.3) is 0 Å². The molecule has 4 nitrogen and oxygen atoms in total. The first-order valence-corrected chi connectivity index (χ1v) is 13.0. The van der Waals surface area contributed by atoms with Crippen LogP contribution in [0.3, 0.4) is 0 Å². The van der Waals surface area contributed by atoms with Crippen LogP contribution < -0.4 is 0 Å². The molecular weight excluding hydrogens is 368 g/mol. The standard InChI is InChI=1S/C26H58N4/c1-9-10-11-16-27(6)19-22-30(23-20-28(7)17-12-14-25(2)3)24-21-29(8)18-13-15-26(4)5/h25-26H,9-24H2,1-8H3. The molecule has 0 bridgehead atoms. The van der Waals surface area contributed by atoms with E-state index in [-0.39, 0.29) is 0 Å². The molecule has 4 heteroatoms. The van der Waals surface area contributed by atoms with E-state index in [1.807, 2.05) is 0 Å². The molecule has 182 valence electrons. The van der Waals surface area contributed by atoms with Gasteiger partial charge in [-0.1, -0.05) is 47.5 Å². The van der Waals surface area contributed by atoms with Gasteiger partial charge in [-0.2, -0.15) is 0 Å². The number of hydrogen-bond acceptors (Lipinski definition) is 4. The van der Waals surface area contributed by atoms with Crippen LogP contribution >= 0.6 is 0 Å². The van der Waals surface area contributed by atoms with Gasteiger partial charge in [0.2, 0.25) is 0 Å². The molecule has 0 saturated heterocycles. The fourth-order valence-electron chi connectivity index (χ4n) is 3.78. The normalized spacial score (nSPS) is 12.6. The lowest BCUT2D eigenvalue weighted by Gasteiger charge is -2.29. The minimum atomic E-state index is 0.823. The topological polar surface area (TPSA) is 13.0 Å². The number of likely N-dealkylation sites (N-methyl/N-ethyl adjacent to an activating group) is 3. The third-order valence-corrected chi connectivity index (χ3v) is 6.18. The predicted octanol–water partition coefficient (Wildman–Crippen LogP) is 5.15. The highest BCUT2D eigenvalue weighted by Crippen LogP contribution is 2.06. The van der Waals surface area contributed by atoms with Crippen LogP contribution in [0.15, 0.2) is 0 Å². The first kappa shape index (κ1) is 29.8. The Bertz CT molecular complexity index is 335. The Balaban J connectivity index is 4.35. The number of nitrogens with zero attached hydrogens (tertiary/aromatic N) is 4. The van der Waals surface area contributed by atoms with Crippen molar-refractivity contribution in [1.82, 2.24) is 19.6 Å². The molecule has 0 rings (SSSR count). The van der Waals surface area contributed by atoms with Crippen LogP contribution in [0.4, 0.5) is 0 Å². The highest BCUT2D eigenvalue weighted by molar-refractivity contribution is 4.67. The second-order valence-electron chi connectivity index (χ2n) is 10.5. The Labute approximate surface area is 191 Å². The summed E-state index contributed by atoms with van der Waals surface area (Å²) in [7, 11) is 6.89. The summed E-state index contributed by atoms with van der Waals surface area (Å²) in [4.78, 5) is 10.3. The van der Waals surface area contributed by atoms with Gasteiger partial charge in [0.05, 0.1) is 0 Å². The van der Waals surface area contributed by atoms with Gasteiger partial charge in [0.15, 0.2) is 0 Å². The molecule has 0 aliphatic rings. The lowest BCUT2D eigenvalue weighted by molar-refractivity contribution is 0.176. The monoisotopic (exact) mass is 426 g/mol. The van der Waals surface area contributed by atoms with E-state index in [4.69, 9.17) is 0 Å². The second-order valence-corrected chi connectivity index (χ2v) is 10.5. The zero-order valence-corrected chi connectivity index (χ0v) is 22.3. The van der Waals surface area contributed by atoms with E-state index in [0.29, 0.717) is 0 Å². The van der Waals surface area contributed by atoms with Crippen LogP contribution in [0.2, 0.25) is 0 Å². The summed E-state index contributed by atoms with van der Waals surface area (Å²) < 4.78 is 0. The molecular formula is C26H58N4. The molecule has 0 unspecified atom stereocenters. The predicted molar refractivity (Wildman–Crippen MR) is 137 cm³/mol. The van der Waals surface area contributed by atoms with E-state index in [1.165, 1.54) is 104 Å². The molecule has 0 saturated carbocycles. The first-order chi connectivity index (χ1) is 14.2. The zero-order chi connectivity index (χ0) is 22.8. The Hall–Kier alpha value is -0.160. The van der Waals surface area contributed by atoms with Crippen molar-refractivity contribution in [2.75, 3.05) is 80.0 Å². The summed E-state index contributed by atoms with van der Waals surface area (Å²) in [5.41, 5.74) is 0. The van der Waals surface area contributed by atoms with Gasteiger partial charge in [-0.3, -0.25) is 4.90 Å². The van der Waals surface area contributed by atoms with Gasteiger partial charge in [-0.15, -0.1) is 0 Å². The molecule has 30 heavy (non-hydrogen) atoms. The van der Waals surface area contributed by atoms with Crippen molar-refractivity contribution in [2.24, 2.45) is 11.8 Å². The van der Waals surface area contributed by atoms with E-state index in [0.717, 1.165) is 11.8 Å². The Morgan fingerprint density at radius 2 is 0.833 bits per heavy atom. The van der Waals surface area contributed by atoms with Crippen LogP contribution in [-0.2, 0) is 0 Å². The molecule has 0 atom stereocenters. The third-order valence-electron chi connectivity index (χ3n) is 6.18. The lowest BCUT2D eigenvalue weighted by Crippen LogP contribution is -2.42. The van der Waals surface area contributed by atoms with Gasteiger partial charge in [-0.05, 0) is 84.7 Å². The second kappa shape index (κ2) is 19.5. The number of unbranched alkanes of at least 4 members (excludes halogenated alkanes) is 2. The maximum absolute atomic E-state index is 2.70. The number of rotatable bonds is 21. The molecule has 0 spiro atoms. The van der Waals surface area contributed by atoms with Crippen molar-refractivity contribution >= 4 is 0 Å². The Morgan fingerprint density at radius 3 is 1.17 bits per heavy atom. The average Bonchev–Trinajstić information content (AvgIpc) is 2.67. The molecule has 0 radical (unpaired) electrons. The highest BCUT2D eigenvalue weighted by atomic mass is 15.2. The quantitative estimate of drug-likeness (QED) is 0.235. The minimum Gasteiger partial charge on any atom is -0.305 e. The summed E-state index contributed by atoms with van der Waals surface area (Å²) in [6.45, 7) is 22.5.